The van der Waals surface area contributed by atoms with Gasteiger partial charge in [0, 0.05) is 23.8 Å². The number of carbonyl (C=O) groups excluding carboxylic acids is 1. The highest BCUT2D eigenvalue weighted by Gasteiger charge is 2.53. The topological polar surface area (TPSA) is 29.5 Å². The minimum Gasteiger partial charge on any atom is -0.444 e. The molecule has 16 heavy (non-hydrogen) atoms. The van der Waals surface area contributed by atoms with E-state index in [1.165, 1.54) is 12.8 Å². The normalized spacial score (nSPS) is 23.9. The first-order valence-electron chi connectivity index (χ1n) is 5.87. The number of hydrogen-bond acceptors (Lipinski definition) is 2. The number of hydrogen-bond donors (Lipinski definition) is 0. The van der Waals surface area contributed by atoms with Crippen molar-refractivity contribution in [2.75, 3.05) is 18.4 Å². The largest absolute Gasteiger partial charge is 0.444 e. The van der Waals surface area contributed by atoms with Gasteiger partial charge in [-0.15, -0.1) is 0 Å². The van der Waals surface area contributed by atoms with Gasteiger partial charge in [0.2, 0.25) is 0 Å². The lowest BCUT2D eigenvalue weighted by Crippen LogP contribution is -2.64. The van der Waals surface area contributed by atoms with Crippen molar-refractivity contribution >= 4 is 22.0 Å². The average Bonchev–Trinajstić information content (AvgIpc) is 1.95. The van der Waals surface area contributed by atoms with E-state index >= 15 is 0 Å². The zero-order valence-corrected chi connectivity index (χ0v) is 11.8. The lowest BCUT2D eigenvalue weighted by molar-refractivity contribution is -0.0896. The van der Waals surface area contributed by atoms with Crippen LogP contribution in [0, 0.1) is 11.3 Å². The molecule has 0 atom stereocenters. The Morgan fingerprint density at radius 1 is 1.44 bits per heavy atom. The Hall–Kier alpha value is -0.250. The van der Waals surface area contributed by atoms with Crippen LogP contribution in [0.5, 0.6) is 0 Å². The fraction of sp³-hybridized carbons (Fsp3) is 0.917. The van der Waals surface area contributed by atoms with Gasteiger partial charge in [-0.1, -0.05) is 15.9 Å². The summed E-state index contributed by atoms with van der Waals surface area (Å²) in [5.74, 6) is 0.820. The SMILES string of the molecule is CC(C)(C)OC(=O)N1CC2(CC(CBr)C2)C1. The van der Waals surface area contributed by atoms with Crippen molar-refractivity contribution in [1.29, 1.82) is 0 Å². The van der Waals surface area contributed by atoms with Crippen LogP contribution in [0.25, 0.3) is 0 Å². The molecule has 1 saturated heterocycles. The molecule has 0 aromatic rings. The summed E-state index contributed by atoms with van der Waals surface area (Å²) in [6, 6.07) is 0. The van der Waals surface area contributed by atoms with Gasteiger partial charge in [-0.05, 0) is 39.5 Å². The van der Waals surface area contributed by atoms with Gasteiger partial charge in [0.15, 0.2) is 0 Å². The molecule has 0 N–H and O–H groups in total. The molecule has 0 radical (unpaired) electrons. The summed E-state index contributed by atoms with van der Waals surface area (Å²) in [4.78, 5) is 13.5. The maximum Gasteiger partial charge on any atom is 0.410 e. The van der Waals surface area contributed by atoms with Crippen molar-refractivity contribution < 1.29 is 9.53 Å². The van der Waals surface area contributed by atoms with E-state index in [0.717, 1.165) is 24.3 Å². The predicted octanol–water partition coefficient (Wildman–Crippen LogP) is 3.03. The molecule has 4 heteroatoms. The highest BCUT2D eigenvalue weighted by Crippen LogP contribution is 2.52. The first-order chi connectivity index (χ1) is 7.34. The first kappa shape index (κ1) is 12.2. The van der Waals surface area contributed by atoms with Crippen LogP contribution in [0.2, 0.25) is 0 Å². The number of rotatable bonds is 1. The molecule has 0 unspecified atom stereocenters. The van der Waals surface area contributed by atoms with E-state index < -0.39 is 0 Å². The van der Waals surface area contributed by atoms with E-state index in [-0.39, 0.29) is 11.7 Å². The lowest BCUT2D eigenvalue weighted by Gasteiger charge is -2.58. The number of carbonyl (C=O) groups is 1. The highest BCUT2D eigenvalue weighted by atomic mass is 79.9. The van der Waals surface area contributed by atoms with E-state index in [2.05, 4.69) is 15.9 Å². The third-order valence-corrected chi connectivity index (χ3v) is 4.28. The van der Waals surface area contributed by atoms with Crippen molar-refractivity contribution in [3.63, 3.8) is 0 Å². The Labute approximate surface area is 106 Å². The van der Waals surface area contributed by atoms with Crippen molar-refractivity contribution in [2.24, 2.45) is 11.3 Å². The molecule has 1 spiro atoms. The van der Waals surface area contributed by atoms with Crippen LogP contribution in [-0.2, 0) is 4.74 Å². The summed E-state index contributed by atoms with van der Waals surface area (Å²) < 4.78 is 5.33. The third-order valence-electron chi connectivity index (χ3n) is 3.37. The van der Waals surface area contributed by atoms with Crippen molar-refractivity contribution in [2.45, 2.75) is 39.2 Å². The van der Waals surface area contributed by atoms with Crippen LogP contribution in [0.4, 0.5) is 4.79 Å². The zero-order valence-electron chi connectivity index (χ0n) is 10.3. The Kier molecular flexibility index (Phi) is 2.97. The van der Waals surface area contributed by atoms with Crippen molar-refractivity contribution in [3.05, 3.63) is 0 Å². The molecule has 92 valence electrons. The van der Waals surface area contributed by atoms with Crippen LogP contribution in [0.3, 0.4) is 0 Å². The molecule has 0 aromatic heterocycles. The predicted molar refractivity (Wildman–Crippen MR) is 66.8 cm³/mol. The van der Waals surface area contributed by atoms with Crippen molar-refractivity contribution in [3.8, 4) is 0 Å². The molecule has 0 bridgehead atoms. The Morgan fingerprint density at radius 2 is 2.00 bits per heavy atom. The van der Waals surface area contributed by atoms with Gasteiger partial charge in [0.1, 0.15) is 5.60 Å². The average molecular weight is 290 g/mol. The zero-order chi connectivity index (χ0) is 12.0. The van der Waals surface area contributed by atoms with Gasteiger partial charge < -0.3 is 9.64 Å². The monoisotopic (exact) mass is 289 g/mol. The van der Waals surface area contributed by atoms with Crippen molar-refractivity contribution in [1.82, 2.24) is 4.90 Å². The molecule has 0 aromatic carbocycles. The Balaban J connectivity index is 1.75. The molecule has 2 fully saturated rings. The maximum absolute atomic E-state index is 11.7. The van der Waals surface area contributed by atoms with E-state index in [1.54, 1.807) is 0 Å². The maximum atomic E-state index is 11.7. The van der Waals surface area contributed by atoms with E-state index in [0.29, 0.717) is 5.41 Å². The van der Waals surface area contributed by atoms with Crippen LogP contribution >= 0.6 is 15.9 Å². The summed E-state index contributed by atoms with van der Waals surface area (Å²) >= 11 is 3.51. The highest BCUT2D eigenvalue weighted by molar-refractivity contribution is 9.09. The second kappa shape index (κ2) is 3.90. The number of likely N-dealkylation sites (tertiary alicyclic amines) is 1. The first-order valence-corrected chi connectivity index (χ1v) is 7.00. The number of amides is 1. The molecule has 1 heterocycles. The Bertz CT molecular complexity index is 284. The minimum absolute atomic E-state index is 0.152. The lowest BCUT2D eigenvalue weighted by atomic mass is 9.58. The van der Waals surface area contributed by atoms with Crippen LogP contribution in [-0.4, -0.2) is 35.0 Å². The quantitative estimate of drug-likeness (QED) is 0.695. The second-order valence-electron chi connectivity index (χ2n) is 6.26. The van der Waals surface area contributed by atoms with Gasteiger partial charge in [0.25, 0.3) is 0 Å². The van der Waals surface area contributed by atoms with Gasteiger partial charge in [-0.3, -0.25) is 0 Å². The number of ether oxygens (including phenoxy) is 1. The smallest absolute Gasteiger partial charge is 0.410 e. The van der Waals surface area contributed by atoms with E-state index in [1.807, 2.05) is 25.7 Å². The van der Waals surface area contributed by atoms with Gasteiger partial charge in [-0.25, -0.2) is 4.79 Å². The standard InChI is InChI=1S/C12H20BrNO2/c1-11(2,3)16-10(15)14-7-12(8-14)4-9(5-12)6-13/h9H,4-8H2,1-3H3. The second-order valence-corrected chi connectivity index (χ2v) is 6.91. The van der Waals surface area contributed by atoms with Gasteiger partial charge in [0.05, 0.1) is 0 Å². The third kappa shape index (κ3) is 2.36. The number of halogens is 1. The van der Waals surface area contributed by atoms with Gasteiger partial charge >= 0.3 is 6.09 Å². The summed E-state index contributed by atoms with van der Waals surface area (Å²) in [5.41, 5.74) is 0.0627. The molecule has 1 amide bonds. The molecular formula is C12H20BrNO2. The van der Waals surface area contributed by atoms with Crippen LogP contribution in [0.15, 0.2) is 0 Å². The minimum atomic E-state index is -0.377. The van der Waals surface area contributed by atoms with Crippen LogP contribution in [0.1, 0.15) is 33.6 Å². The summed E-state index contributed by atoms with van der Waals surface area (Å²) in [5, 5.41) is 1.10. The van der Waals surface area contributed by atoms with Gasteiger partial charge in [-0.2, -0.15) is 0 Å². The molecule has 2 rings (SSSR count). The Morgan fingerprint density at radius 3 is 2.44 bits per heavy atom. The number of nitrogens with zero attached hydrogens (tertiary/aromatic N) is 1. The molecule has 1 saturated carbocycles. The fourth-order valence-electron chi connectivity index (χ4n) is 2.75. The number of alkyl halides is 1. The van der Waals surface area contributed by atoms with E-state index in [4.69, 9.17) is 4.74 Å². The molecule has 1 aliphatic heterocycles. The van der Waals surface area contributed by atoms with Crippen LogP contribution < -0.4 is 0 Å². The molecule has 3 nitrogen and oxygen atoms in total. The molecular weight excluding hydrogens is 270 g/mol. The molecule has 2 aliphatic rings. The summed E-state index contributed by atoms with van der Waals surface area (Å²) in [6.45, 7) is 7.51. The fourth-order valence-corrected chi connectivity index (χ4v) is 3.21. The molecule has 1 aliphatic carbocycles. The summed E-state index contributed by atoms with van der Waals surface area (Å²) in [7, 11) is 0. The summed E-state index contributed by atoms with van der Waals surface area (Å²) in [6.07, 6.45) is 2.37. The van der Waals surface area contributed by atoms with E-state index in [9.17, 15) is 4.79 Å².